The molecule has 0 unspecified atom stereocenters. The first-order valence-electron chi connectivity index (χ1n) is 8.01. The Bertz CT molecular complexity index is 703. The summed E-state index contributed by atoms with van der Waals surface area (Å²) in [5.74, 6) is 0.771. The standard InChI is InChI=1S/C18H20ClN3O2/c19-14-5-6-15(17(10-14)24-9-3-7-20)18(23)22-11-13(12-22)16-4-1-2-8-21-16/h1-2,4-6,8,10,13H,3,7,9,11-12,20H2. The number of halogens is 1. The van der Waals surface area contributed by atoms with Crippen molar-refractivity contribution in [2.75, 3.05) is 26.2 Å². The minimum atomic E-state index is -0.0402. The summed E-state index contributed by atoms with van der Waals surface area (Å²) in [7, 11) is 0. The topological polar surface area (TPSA) is 68.5 Å². The Kier molecular flexibility index (Phi) is 5.33. The molecule has 2 N–H and O–H groups in total. The highest BCUT2D eigenvalue weighted by Gasteiger charge is 2.34. The van der Waals surface area contributed by atoms with Crippen molar-refractivity contribution in [2.24, 2.45) is 5.73 Å². The predicted molar refractivity (Wildman–Crippen MR) is 93.5 cm³/mol. The Morgan fingerprint density at radius 1 is 1.33 bits per heavy atom. The third-order valence-electron chi connectivity index (χ3n) is 4.05. The number of ether oxygens (including phenoxy) is 1. The number of aromatic nitrogens is 1. The Morgan fingerprint density at radius 2 is 2.17 bits per heavy atom. The molecule has 0 radical (unpaired) electrons. The van der Waals surface area contributed by atoms with Gasteiger partial charge >= 0.3 is 0 Å². The van der Waals surface area contributed by atoms with Gasteiger partial charge in [0, 0.05) is 35.9 Å². The average molecular weight is 346 g/mol. The summed E-state index contributed by atoms with van der Waals surface area (Å²) in [5.41, 5.74) is 7.05. The van der Waals surface area contributed by atoms with Crippen molar-refractivity contribution in [3.63, 3.8) is 0 Å². The summed E-state index contributed by atoms with van der Waals surface area (Å²) in [6.07, 6.45) is 2.51. The largest absolute Gasteiger partial charge is 0.493 e. The molecule has 5 nitrogen and oxygen atoms in total. The fourth-order valence-electron chi connectivity index (χ4n) is 2.68. The van der Waals surface area contributed by atoms with E-state index in [4.69, 9.17) is 22.1 Å². The van der Waals surface area contributed by atoms with Crippen LogP contribution in [0.4, 0.5) is 0 Å². The van der Waals surface area contributed by atoms with Gasteiger partial charge in [0.1, 0.15) is 5.75 Å². The van der Waals surface area contributed by atoms with E-state index in [1.54, 1.807) is 29.3 Å². The lowest BCUT2D eigenvalue weighted by atomic mass is 9.94. The number of amides is 1. The number of hydrogen-bond donors (Lipinski definition) is 1. The van der Waals surface area contributed by atoms with Crippen molar-refractivity contribution in [3.8, 4) is 5.75 Å². The molecule has 3 rings (SSSR count). The summed E-state index contributed by atoms with van der Waals surface area (Å²) in [6.45, 7) is 2.34. The molecular formula is C18H20ClN3O2. The Labute approximate surface area is 146 Å². The van der Waals surface area contributed by atoms with E-state index >= 15 is 0 Å². The van der Waals surface area contributed by atoms with Crippen LogP contribution in [0.15, 0.2) is 42.6 Å². The van der Waals surface area contributed by atoms with Gasteiger partial charge in [-0.3, -0.25) is 9.78 Å². The van der Waals surface area contributed by atoms with Crippen LogP contribution in [0.2, 0.25) is 5.02 Å². The van der Waals surface area contributed by atoms with E-state index in [-0.39, 0.29) is 5.91 Å². The zero-order chi connectivity index (χ0) is 16.9. The molecule has 24 heavy (non-hydrogen) atoms. The molecule has 126 valence electrons. The second kappa shape index (κ2) is 7.64. The highest BCUT2D eigenvalue weighted by Crippen LogP contribution is 2.30. The number of carbonyl (C=O) groups excluding carboxylic acids is 1. The zero-order valence-electron chi connectivity index (χ0n) is 13.3. The lowest BCUT2D eigenvalue weighted by Crippen LogP contribution is -2.48. The van der Waals surface area contributed by atoms with Crippen molar-refractivity contribution in [1.82, 2.24) is 9.88 Å². The number of carbonyl (C=O) groups is 1. The lowest BCUT2D eigenvalue weighted by molar-refractivity contribution is 0.0594. The van der Waals surface area contributed by atoms with Crippen LogP contribution < -0.4 is 10.5 Å². The number of rotatable bonds is 6. The zero-order valence-corrected chi connectivity index (χ0v) is 14.1. The summed E-state index contributed by atoms with van der Waals surface area (Å²) in [6, 6.07) is 11.0. The predicted octanol–water partition coefficient (Wildman–Crippen LogP) is 2.70. The molecule has 6 heteroatoms. The molecule has 0 saturated carbocycles. The summed E-state index contributed by atoms with van der Waals surface area (Å²) >= 11 is 6.03. The van der Waals surface area contributed by atoms with Crippen molar-refractivity contribution in [3.05, 3.63) is 58.9 Å². The number of benzene rings is 1. The second-order valence-electron chi connectivity index (χ2n) is 5.79. The van der Waals surface area contributed by atoms with Gasteiger partial charge in [-0.2, -0.15) is 0 Å². The molecule has 1 aromatic carbocycles. The Balaban J connectivity index is 1.67. The minimum Gasteiger partial charge on any atom is -0.493 e. The van der Waals surface area contributed by atoms with Gasteiger partial charge in [0.2, 0.25) is 0 Å². The van der Waals surface area contributed by atoms with Gasteiger partial charge < -0.3 is 15.4 Å². The molecule has 1 aliphatic heterocycles. The number of pyridine rings is 1. The maximum absolute atomic E-state index is 12.7. The van der Waals surface area contributed by atoms with Crippen LogP contribution in [-0.4, -0.2) is 42.0 Å². The molecule has 1 saturated heterocycles. The first-order valence-corrected chi connectivity index (χ1v) is 8.39. The van der Waals surface area contributed by atoms with Gasteiger partial charge in [-0.15, -0.1) is 0 Å². The normalized spacial score (nSPS) is 14.3. The summed E-state index contributed by atoms with van der Waals surface area (Å²) in [4.78, 5) is 18.9. The molecule has 1 amide bonds. The fraction of sp³-hybridized carbons (Fsp3) is 0.333. The van der Waals surface area contributed by atoms with Crippen molar-refractivity contribution >= 4 is 17.5 Å². The monoisotopic (exact) mass is 345 g/mol. The first-order chi connectivity index (χ1) is 11.7. The van der Waals surface area contributed by atoms with Crippen LogP contribution >= 0.6 is 11.6 Å². The van der Waals surface area contributed by atoms with Crippen LogP contribution in [0.5, 0.6) is 5.75 Å². The molecule has 1 aliphatic rings. The number of likely N-dealkylation sites (tertiary alicyclic amines) is 1. The van der Waals surface area contributed by atoms with Gasteiger partial charge in [0.15, 0.2) is 0 Å². The first kappa shape index (κ1) is 16.7. The van der Waals surface area contributed by atoms with Gasteiger partial charge in [-0.05, 0) is 43.3 Å². The van der Waals surface area contributed by atoms with E-state index < -0.39 is 0 Å². The van der Waals surface area contributed by atoms with Crippen LogP contribution in [-0.2, 0) is 0 Å². The maximum atomic E-state index is 12.7. The molecular weight excluding hydrogens is 326 g/mol. The Morgan fingerprint density at radius 3 is 2.88 bits per heavy atom. The third kappa shape index (κ3) is 3.68. The van der Waals surface area contributed by atoms with Gasteiger partial charge in [-0.25, -0.2) is 0 Å². The van der Waals surface area contributed by atoms with E-state index in [0.29, 0.717) is 48.5 Å². The quantitative estimate of drug-likeness (QED) is 0.817. The van der Waals surface area contributed by atoms with Crippen LogP contribution in [0.25, 0.3) is 0 Å². The van der Waals surface area contributed by atoms with Gasteiger partial charge in [0.25, 0.3) is 5.91 Å². The van der Waals surface area contributed by atoms with Crippen LogP contribution in [0.1, 0.15) is 28.4 Å². The molecule has 2 aromatic rings. The van der Waals surface area contributed by atoms with E-state index in [9.17, 15) is 4.79 Å². The van der Waals surface area contributed by atoms with Crippen LogP contribution in [0, 0.1) is 0 Å². The lowest BCUT2D eigenvalue weighted by Gasteiger charge is -2.39. The van der Waals surface area contributed by atoms with Gasteiger partial charge in [-0.1, -0.05) is 17.7 Å². The fourth-order valence-corrected chi connectivity index (χ4v) is 2.84. The van der Waals surface area contributed by atoms with Gasteiger partial charge in [0.05, 0.1) is 12.2 Å². The van der Waals surface area contributed by atoms with E-state index in [2.05, 4.69) is 4.98 Å². The third-order valence-corrected chi connectivity index (χ3v) is 4.29. The molecule has 0 atom stereocenters. The highest BCUT2D eigenvalue weighted by atomic mass is 35.5. The van der Waals surface area contributed by atoms with E-state index in [1.807, 2.05) is 18.2 Å². The molecule has 0 aliphatic carbocycles. The second-order valence-corrected chi connectivity index (χ2v) is 6.23. The maximum Gasteiger partial charge on any atom is 0.257 e. The molecule has 0 bridgehead atoms. The number of hydrogen-bond acceptors (Lipinski definition) is 4. The molecule has 1 aromatic heterocycles. The Hall–Kier alpha value is -2.11. The summed E-state index contributed by atoms with van der Waals surface area (Å²) < 4.78 is 5.69. The number of nitrogens with zero attached hydrogens (tertiary/aromatic N) is 2. The van der Waals surface area contributed by atoms with Crippen LogP contribution in [0.3, 0.4) is 0 Å². The molecule has 1 fully saturated rings. The molecule has 0 spiro atoms. The highest BCUT2D eigenvalue weighted by molar-refractivity contribution is 6.30. The average Bonchev–Trinajstić information content (AvgIpc) is 2.55. The molecule has 2 heterocycles. The van der Waals surface area contributed by atoms with Crippen molar-refractivity contribution in [1.29, 1.82) is 0 Å². The minimum absolute atomic E-state index is 0.0402. The van der Waals surface area contributed by atoms with Crippen molar-refractivity contribution in [2.45, 2.75) is 12.3 Å². The van der Waals surface area contributed by atoms with Crippen molar-refractivity contribution < 1.29 is 9.53 Å². The summed E-state index contributed by atoms with van der Waals surface area (Å²) in [5, 5.41) is 0.546. The van der Waals surface area contributed by atoms with E-state index in [0.717, 1.165) is 12.1 Å². The smallest absolute Gasteiger partial charge is 0.257 e. The SMILES string of the molecule is NCCCOc1cc(Cl)ccc1C(=O)N1CC(c2ccccn2)C1. The van der Waals surface area contributed by atoms with E-state index in [1.165, 1.54) is 0 Å². The number of nitrogens with two attached hydrogens (primary N) is 1.